The third-order valence-corrected chi connectivity index (χ3v) is 3.10. The van der Waals surface area contributed by atoms with Gasteiger partial charge in [-0.2, -0.15) is 0 Å². The minimum atomic E-state index is -4.55. The van der Waals surface area contributed by atoms with Gasteiger partial charge in [-0.1, -0.05) is 30.3 Å². The summed E-state index contributed by atoms with van der Waals surface area (Å²) in [4.78, 5) is 20.6. The van der Waals surface area contributed by atoms with E-state index in [9.17, 15) is 14.3 Å². The van der Waals surface area contributed by atoms with Crippen LogP contribution < -0.4 is 5.73 Å². The lowest BCUT2D eigenvalue weighted by molar-refractivity contribution is -0.139. The smallest absolute Gasteiger partial charge is 0.391 e. The standard InChI is InChI=1S/C11H16NO6P/c1-8(13)10(12)11(14)18-19(15,16)17-7-9-5-3-2-4-6-9/h2-6,8,10,13H,7,12H2,1H3,(H,15,16)/t8-,10+/m1/s1. The van der Waals surface area contributed by atoms with Crippen molar-refractivity contribution < 1.29 is 28.4 Å². The Balaban J connectivity index is 2.53. The van der Waals surface area contributed by atoms with Gasteiger partial charge in [0.25, 0.3) is 0 Å². The molecule has 0 fully saturated rings. The first-order valence-electron chi connectivity index (χ1n) is 5.50. The highest BCUT2D eigenvalue weighted by molar-refractivity contribution is 7.48. The molecule has 0 aliphatic heterocycles. The van der Waals surface area contributed by atoms with Crippen molar-refractivity contribution in [3.05, 3.63) is 35.9 Å². The highest BCUT2D eigenvalue weighted by Gasteiger charge is 2.31. The molecule has 1 unspecified atom stereocenters. The second-order valence-electron chi connectivity index (χ2n) is 3.90. The van der Waals surface area contributed by atoms with E-state index in [4.69, 9.17) is 10.8 Å². The Morgan fingerprint density at radius 3 is 2.53 bits per heavy atom. The van der Waals surface area contributed by atoms with Crippen LogP contribution in [0.2, 0.25) is 0 Å². The minimum Gasteiger partial charge on any atom is -0.391 e. The van der Waals surface area contributed by atoms with Gasteiger partial charge < -0.3 is 15.4 Å². The fraction of sp³-hybridized carbons (Fsp3) is 0.364. The quantitative estimate of drug-likeness (QED) is 0.654. The molecule has 0 aliphatic carbocycles. The monoisotopic (exact) mass is 289 g/mol. The normalized spacial score (nSPS) is 17.3. The second kappa shape index (κ2) is 6.79. The van der Waals surface area contributed by atoms with Crippen molar-refractivity contribution in [2.45, 2.75) is 25.7 Å². The number of carbonyl (C=O) groups excluding carboxylic acids is 1. The predicted molar refractivity (Wildman–Crippen MR) is 66.8 cm³/mol. The highest BCUT2D eigenvalue weighted by Crippen LogP contribution is 2.44. The first-order valence-corrected chi connectivity index (χ1v) is 7.00. The van der Waals surface area contributed by atoms with E-state index in [1.165, 1.54) is 6.92 Å². The molecule has 0 aliphatic rings. The van der Waals surface area contributed by atoms with Crippen molar-refractivity contribution in [3.8, 4) is 0 Å². The largest absolute Gasteiger partial charge is 0.529 e. The second-order valence-corrected chi connectivity index (χ2v) is 5.28. The van der Waals surface area contributed by atoms with Crippen molar-refractivity contribution in [2.24, 2.45) is 5.73 Å². The number of hydrogen-bond donors (Lipinski definition) is 3. The number of aliphatic hydroxyl groups is 1. The van der Waals surface area contributed by atoms with Crippen molar-refractivity contribution >= 4 is 13.8 Å². The number of benzene rings is 1. The molecule has 8 heteroatoms. The topological polar surface area (TPSA) is 119 Å². The molecule has 1 aromatic rings. The molecule has 0 aromatic heterocycles. The molecule has 106 valence electrons. The number of hydrogen-bond acceptors (Lipinski definition) is 6. The summed E-state index contributed by atoms with van der Waals surface area (Å²) < 4.78 is 20.4. The summed E-state index contributed by atoms with van der Waals surface area (Å²) in [7, 11) is -4.55. The molecule has 1 aromatic carbocycles. The first-order chi connectivity index (χ1) is 8.82. The van der Waals surface area contributed by atoms with Crippen LogP contribution in [-0.2, 0) is 25.0 Å². The Labute approximate surface area is 110 Å². The van der Waals surface area contributed by atoms with Crippen molar-refractivity contribution in [1.29, 1.82) is 0 Å². The molecule has 0 saturated heterocycles. The highest BCUT2D eigenvalue weighted by atomic mass is 31.2. The van der Waals surface area contributed by atoms with Crippen LogP contribution in [0, 0.1) is 0 Å². The Kier molecular flexibility index (Phi) is 5.65. The predicted octanol–water partition coefficient (Wildman–Crippen LogP) is 0.555. The van der Waals surface area contributed by atoms with Crippen LogP contribution in [0.15, 0.2) is 30.3 Å². The van der Waals surface area contributed by atoms with E-state index < -0.39 is 25.9 Å². The van der Waals surface area contributed by atoms with Gasteiger partial charge in [0.2, 0.25) is 0 Å². The molecule has 0 radical (unpaired) electrons. The van der Waals surface area contributed by atoms with E-state index in [0.717, 1.165) is 0 Å². The molecular formula is C11H16NO6P. The number of aliphatic hydroxyl groups excluding tert-OH is 1. The van der Waals surface area contributed by atoms with E-state index >= 15 is 0 Å². The summed E-state index contributed by atoms with van der Waals surface area (Å²) in [5.74, 6) is -1.20. The average Bonchev–Trinajstić information content (AvgIpc) is 2.36. The van der Waals surface area contributed by atoms with Gasteiger partial charge in [-0.05, 0) is 12.5 Å². The van der Waals surface area contributed by atoms with Crippen LogP contribution in [0.5, 0.6) is 0 Å². The maximum Gasteiger partial charge on any atom is 0.529 e. The first kappa shape index (κ1) is 15.8. The zero-order valence-electron chi connectivity index (χ0n) is 10.3. The van der Waals surface area contributed by atoms with Crippen LogP contribution in [0.1, 0.15) is 12.5 Å². The van der Waals surface area contributed by atoms with Gasteiger partial charge in [0.1, 0.15) is 6.04 Å². The minimum absolute atomic E-state index is 0.189. The Morgan fingerprint density at radius 2 is 2.00 bits per heavy atom. The number of phosphoric ester groups is 1. The summed E-state index contributed by atoms with van der Waals surface area (Å²) in [6, 6.07) is 7.21. The molecule has 0 saturated carbocycles. The Hall–Kier alpha value is -1.24. The zero-order valence-corrected chi connectivity index (χ0v) is 11.2. The fourth-order valence-electron chi connectivity index (χ4n) is 1.13. The third kappa shape index (κ3) is 5.50. The fourth-order valence-corrected chi connectivity index (χ4v) is 1.84. The van der Waals surface area contributed by atoms with Crippen molar-refractivity contribution in [3.63, 3.8) is 0 Å². The lowest BCUT2D eigenvalue weighted by Crippen LogP contribution is -2.41. The van der Waals surface area contributed by atoms with E-state index in [-0.39, 0.29) is 6.61 Å². The third-order valence-electron chi connectivity index (χ3n) is 2.23. The zero-order chi connectivity index (χ0) is 14.5. The molecular weight excluding hydrogens is 273 g/mol. The van der Waals surface area contributed by atoms with Gasteiger partial charge in [0.15, 0.2) is 0 Å². The number of nitrogens with two attached hydrogens (primary N) is 1. The van der Waals surface area contributed by atoms with Gasteiger partial charge in [-0.3, -0.25) is 9.42 Å². The average molecular weight is 289 g/mol. The summed E-state index contributed by atoms with van der Waals surface area (Å²) in [6.45, 7) is 1.07. The molecule has 0 heterocycles. The van der Waals surface area contributed by atoms with Crippen molar-refractivity contribution in [2.75, 3.05) is 0 Å². The maximum absolute atomic E-state index is 11.5. The number of phosphoric acid groups is 1. The lowest BCUT2D eigenvalue weighted by Gasteiger charge is -2.16. The number of carbonyl (C=O) groups is 1. The summed E-state index contributed by atoms with van der Waals surface area (Å²) in [5.41, 5.74) is 5.91. The SMILES string of the molecule is C[C@@H](O)[C@H](N)C(=O)OP(=O)(O)OCc1ccccc1. The van der Waals surface area contributed by atoms with Crippen LogP contribution in [0.4, 0.5) is 0 Å². The van der Waals surface area contributed by atoms with Gasteiger partial charge >= 0.3 is 13.8 Å². The Morgan fingerprint density at radius 1 is 1.42 bits per heavy atom. The van der Waals surface area contributed by atoms with Crippen LogP contribution in [0.25, 0.3) is 0 Å². The summed E-state index contributed by atoms with van der Waals surface area (Å²) in [5, 5.41) is 9.06. The van der Waals surface area contributed by atoms with Crippen LogP contribution >= 0.6 is 7.82 Å². The number of rotatable bonds is 6. The molecule has 4 N–H and O–H groups in total. The van der Waals surface area contributed by atoms with Gasteiger partial charge in [-0.15, -0.1) is 0 Å². The van der Waals surface area contributed by atoms with Crippen LogP contribution in [-0.4, -0.2) is 28.1 Å². The van der Waals surface area contributed by atoms with E-state index in [1.807, 2.05) is 0 Å². The molecule has 19 heavy (non-hydrogen) atoms. The van der Waals surface area contributed by atoms with Gasteiger partial charge in [-0.25, -0.2) is 9.36 Å². The molecule has 0 bridgehead atoms. The van der Waals surface area contributed by atoms with E-state index in [2.05, 4.69) is 9.05 Å². The van der Waals surface area contributed by atoms with Crippen molar-refractivity contribution in [1.82, 2.24) is 0 Å². The molecule has 3 atom stereocenters. The maximum atomic E-state index is 11.5. The lowest BCUT2D eigenvalue weighted by atomic mass is 10.2. The van der Waals surface area contributed by atoms with Gasteiger partial charge in [0, 0.05) is 0 Å². The van der Waals surface area contributed by atoms with Crippen LogP contribution in [0.3, 0.4) is 0 Å². The molecule has 0 amide bonds. The summed E-state index contributed by atoms with van der Waals surface area (Å²) in [6.07, 6.45) is -1.19. The summed E-state index contributed by atoms with van der Waals surface area (Å²) >= 11 is 0. The van der Waals surface area contributed by atoms with E-state index in [1.54, 1.807) is 30.3 Å². The Bertz CT molecular complexity index is 464. The molecule has 7 nitrogen and oxygen atoms in total. The van der Waals surface area contributed by atoms with Gasteiger partial charge in [0.05, 0.1) is 12.7 Å². The van der Waals surface area contributed by atoms with E-state index in [0.29, 0.717) is 5.56 Å². The molecule has 0 spiro atoms. The molecule has 1 rings (SSSR count).